The zero-order valence-corrected chi connectivity index (χ0v) is 43.2. The molecule has 0 saturated heterocycles. The molecule has 6 nitrogen and oxygen atoms in total. The van der Waals surface area contributed by atoms with Gasteiger partial charge in [-0.3, -0.25) is 9.59 Å². The topological polar surface area (TPSA) is 95.9 Å². The second-order valence-electron chi connectivity index (χ2n) is 19.3. The highest BCUT2D eigenvalue weighted by molar-refractivity contribution is 5.76. The van der Waals surface area contributed by atoms with Crippen LogP contribution >= 0.6 is 0 Å². The fourth-order valence-electron chi connectivity index (χ4n) is 8.43. The number of esters is 1. The van der Waals surface area contributed by atoms with Crippen molar-refractivity contribution in [3.63, 3.8) is 0 Å². The molecule has 0 heterocycles. The van der Waals surface area contributed by atoms with Gasteiger partial charge in [-0.05, 0) is 83.5 Å². The molecule has 0 aliphatic carbocycles. The Kier molecular flexibility index (Phi) is 52.6. The van der Waals surface area contributed by atoms with Crippen molar-refractivity contribution >= 4 is 11.9 Å². The monoisotopic (exact) mass is 912 g/mol. The zero-order chi connectivity index (χ0) is 47.2. The lowest BCUT2D eigenvalue weighted by Gasteiger charge is -2.20. The van der Waals surface area contributed by atoms with Crippen LogP contribution in [0.1, 0.15) is 290 Å². The second kappa shape index (κ2) is 54.4. The fourth-order valence-corrected chi connectivity index (χ4v) is 8.43. The summed E-state index contributed by atoms with van der Waals surface area (Å²) < 4.78 is 5.46. The molecule has 380 valence electrons. The molecule has 0 aliphatic rings. The van der Waals surface area contributed by atoms with Crippen LogP contribution in [0.25, 0.3) is 0 Å². The summed E-state index contributed by atoms with van der Waals surface area (Å²) in [6, 6.07) is -0.634. The van der Waals surface area contributed by atoms with E-state index in [0.29, 0.717) is 19.4 Å². The maximum absolute atomic E-state index is 12.4. The number of ether oxygens (including phenoxy) is 1. The van der Waals surface area contributed by atoms with Crippen molar-refractivity contribution < 1.29 is 24.5 Å². The maximum Gasteiger partial charge on any atom is 0.305 e. The lowest BCUT2D eigenvalue weighted by Crippen LogP contribution is -2.45. The number of carbonyl (C=O) groups is 2. The van der Waals surface area contributed by atoms with Crippen molar-refractivity contribution in [1.82, 2.24) is 5.32 Å². The van der Waals surface area contributed by atoms with Crippen molar-refractivity contribution in [2.75, 3.05) is 13.2 Å². The number of carbonyl (C=O) groups excluding carboxylic acids is 2. The van der Waals surface area contributed by atoms with E-state index < -0.39 is 12.1 Å². The molecule has 0 saturated carbocycles. The highest BCUT2D eigenvalue weighted by Gasteiger charge is 2.18. The summed E-state index contributed by atoms with van der Waals surface area (Å²) in [6.07, 6.45) is 68.4. The number of allylic oxidation sites excluding steroid dienone is 7. The van der Waals surface area contributed by atoms with Gasteiger partial charge in [-0.25, -0.2) is 0 Å². The molecule has 2 unspecified atom stereocenters. The number of hydrogen-bond acceptors (Lipinski definition) is 5. The first-order chi connectivity index (χ1) is 32.0. The van der Waals surface area contributed by atoms with E-state index >= 15 is 0 Å². The average molecular weight is 913 g/mol. The number of nitrogens with one attached hydrogen (secondary N) is 1. The normalized spacial score (nSPS) is 13.0. The van der Waals surface area contributed by atoms with E-state index in [1.54, 1.807) is 6.08 Å². The number of aliphatic hydroxyl groups excluding tert-OH is 2. The lowest BCUT2D eigenvalue weighted by molar-refractivity contribution is -0.143. The standard InChI is InChI=1S/C59H109NO5/c1-3-5-7-9-11-13-15-17-28-31-35-39-43-47-51-57(62)56(55-61)60-58(63)52-48-44-40-36-32-29-25-23-21-19-18-20-22-24-26-30-34-38-42-46-50-54-65-59(64)53-49-45-41-37-33-27-16-14-12-10-8-6-4-2/h8,10,14,16,19,21,47,51,56-57,61-62H,3-7,9,11-13,15,17-18,20,22-46,48-50,52-55H2,1-2H3,(H,60,63)/b10-8-,16-14-,21-19-,51-47+. The smallest absolute Gasteiger partial charge is 0.305 e. The molecule has 0 aromatic heterocycles. The van der Waals surface area contributed by atoms with E-state index in [-0.39, 0.29) is 18.5 Å². The van der Waals surface area contributed by atoms with Crippen molar-refractivity contribution in [2.45, 2.75) is 302 Å². The molecular weight excluding hydrogens is 803 g/mol. The molecule has 2 atom stereocenters. The Morgan fingerprint density at radius 1 is 0.431 bits per heavy atom. The summed E-state index contributed by atoms with van der Waals surface area (Å²) in [7, 11) is 0. The van der Waals surface area contributed by atoms with E-state index in [4.69, 9.17) is 4.74 Å². The molecule has 0 aromatic rings. The molecule has 1 amide bonds. The molecule has 0 spiro atoms. The highest BCUT2D eigenvalue weighted by atomic mass is 16.5. The molecule has 0 bridgehead atoms. The van der Waals surface area contributed by atoms with Gasteiger partial charge < -0.3 is 20.3 Å². The summed E-state index contributed by atoms with van der Waals surface area (Å²) in [6.45, 7) is 4.82. The van der Waals surface area contributed by atoms with Gasteiger partial charge in [0.25, 0.3) is 0 Å². The Balaban J connectivity index is 3.46. The Labute approximate surface area is 404 Å². The van der Waals surface area contributed by atoms with Gasteiger partial charge in [0.1, 0.15) is 0 Å². The minimum atomic E-state index is -0.849. The molecule has 0 aliphatic heterocycles. The van der Waals surface area contributed by atoms with Crippen LogP contribution in [0.5, 0.6) is 0 Å². The van der Waals surface area contributed by atoms with E-state index in [2.05, 4.69) is 55.6 Å². The van der Waals surface area contributed by atoms with Crippen molar-refractivity contribution in [2.24, 2.45) is 0 Å². The first-order valence-corrected chi connectivity index (χ1v) is 28.4. The van der Waals surface area contributed by atoms with Gasteiger partial charge in [-0.1, -0.05) is 242 Å². The highest BCUT2D eigenvalue weighted by Crippen LogP contribution is 2.16. The summed E-state index contributed by atoms with van der Waals surface area (Å²) >= 11 is 0. The Bertz CT molecular complexity index is 1100. The van der Waals surface area contributed by atoms with Crippen LogP contribution in [0, 0.1) is 0 Å². The van der Waals surface area contributed by atoms with Gasteiger partial charge in [-0.2, -0.15) is 0 Å². The third-order valence-electron chi connectivity index (χ3n) is 12.8. The third kappa shape index (κ3) is 51.1. The van der Waals surface area contributed by atoms with Crippen LogP contribution in [0.2, 0.25) is 0 Å². The number of aliphatic hydroxyl groups is 2. The largest absolute Gasteiger partial charge is 0.466 e. The van der Waals surface area contributed by atoms with Crippen molar-refractivity contribution in [3.05, 3.63) is 48.6 Å². The van der Waals surface area contributed by atoms with Crippen LogP contribution in [0.3, 0.4) is 0 Å². The lowest BCUT2D eigenvalue weighted by atomic mass is 10.0. The van der Waals surface area contributed by atoms with Gasteiger partial charge in [0.05, 0.1) is 25.4 Å². The molecule has 3 N–H and O–H groups in total. The van der Waals surface area contributed by atoms with Crippen LogP contribution in [0.4, 0.5) is 0 Å². The molecule has 0 fully saturated rings. The molecular formula is C59H109NO5. The second-order valence-corrected chi connectivity index (χ2v) is 19.3. The quantitative estimate of drug-likeness (QED) is 0.0321. The molecule has 65 heavy (non-hydrogen) atoms. The average Bonchev–Trinajstić information content (AvgIpc) is 3.31. The Hall–Kier alpha value is -2.18. The number of hydrogen-bond donors (Lipinski definition) is 3. The minimum Gasteiger partial charge on any atom is -0.466 e. The van der Waals surface area contributed by atoms with Gasteiger partial charge in [0, 0.05) is 12.8 Å². The Morgan fingerprint density at radius 2 is 0.800 bits per heavy atom. The number of rotatable bonds is 52. The Morgan fingerprint density at radius 3 is 1.25 bits per heavy atom. The minimum absolute atomic E-state index is 0.00846. The molecule has 0 radical (unpaired) electrons. The molecule has 6 heteroatoms. The van der Waals surface area contributed by atoms with Gasteiger partial charge in [-0.15, -0.1) is 0 Å². The SMILES string of the molecule is CCC/C=C\C/C=C\CCCCCCCC(=O)OCCCCCCCCCCCC/C=C\CCCCCCCCCC(=O)NC(CO)C(O)/C=C/CCCCCCCCCCCCCC. The number of unbranched alkanes of at least 4 members (excludes halogenated alkanes) is 35. The van der Waals surface area contributed by atoms with Gasteiger partial charge in [0.15, 0.2) is 0 Å². The fraction of sp³-hybridized carbons (Fsp3) is 0.831. The van der Waals surface area contributed by atoms with Crippen LogP contribution in [-0.4, -0.2) is 47.4 Å². The van der Waals surface area contributed by atoms with E-state index in [1.165, 1.54) is 205 Å². The van der Waals surface area contributed by atoms with Crippen LogP contribution in [-0.2, 0) is 14.3 Å². The summed E-state index contributed by atoms with van der Waals surface area (Å²) in [5.41, 5.74) is 0. The van der Waals surface area contributed by atoms with E-state index in [0.717, 1.165) is 57.8 Å². The van der Waals surface area contributed by atoms with Crippen molar-refractivity contribution in [3.8, 4) is 0 Å². The van der Waals surface area contributed by atoms with Gasteiger partial charge >= 0.3 is 5.97 Å². The number of amides is 1. The summed E-state index contributed by atoms with van der Waals surface area (Å²) in [5, 5.41) is 23.1. The predicted molar refractivity (Wildman–Crippen MR) is 282 cm³/mol. The van der Waals surface area contributed by atoms with E-state index in [9.17, 15) is 19.8 Å². The third-order valence-corrected chi connectivity index (χ3v) is 12.8. The van der Waals surface area contributed by atoms with E-state index in [1.807, 2.05) is 6.08 Å². The predicted octanol–water partition coefficient (Wildman–Crippen LogP) is 17.4. The van der Waals surface area contributed by atoms with Crippen LogP contribution < -0.4 is 5.32 Å². The molecule has 0 rings (SSSR count). The summed E-state index contributed by atoms with van der Waals surface area (Å²) in [4.78, 5) is 24.4. The first kappa shape index (κ1) is 62.8. The zero-order valence-electron chi connectivity index (χ0n) is 43.2. The molecule has 0 aromatic carbocycles. The maximum atomic E-state index is 12.4. The van der Waals surface area contributed by atoms with Gasteiger partial charge in [0.2, 0.25) is 5.91 Å². The first-order valence-electron chi connectivity index (χ1n) is 28.4. The van der Waals surface area contributed by atoms with Crippen LogP contribution in [0.15, 0.2) is 48.6 Å². The van der Waals surface area contributed by atoms with Crippen molar-refractivity contribution in [1.29, 1.82) is 0 Å². The summed E-state index contributed by atoms with van der Waals surface area (Å²) in [5.74, 6) is -0.0850.